The Labute approximate surface area is 279 Å². The van der Waals surface area contributed by atoms with Gasteiger partial charge in [0, 0.05) is 47.8 Å². The smallest absolute Gasteiger partial charge is 0.209 e. The molecule has 0 aromatic heterocycles. The Morgan fingerprint density at radius 3 is 2.02 bits per heavy atom. The molecule has 1 aliphatic carbocycles. The van der Waals surface area contributed by atoms with Gasteiger partial charge in [-0.25, -0.2) is 0 Å². The summed E-state index contributed by atoms with van der Waals surface area (Å²) in [6, 6.07) is 17.4. The van der Waals surface area contributed by atoms with Crippen molar-refractivity contribution < 1.29 is 14.5 Å². The number of carbonyl (C=O) groups is 1. The molecule has 2 aromatic rings. The van der Waals surface area contributed by atoms with Crippen molar-refractivity contribution in [2.75, 3.05) is 18.0 Å². The van der Waals surface area contributed by atoms with Gasteiger partial charge in [-0.05, 0) is 44.4 Å². The molecule has 2 aromatic carbocycles. The molecule has 0 amide bonds. The van der Waals surface area contributed by atoms with Gasteiger partial charge in [0.05, 0.1) is 16.9 Å². The van der Waals surface area contributed by atoms with Gasteiger partial charge in [0.15, 0.2) is 11.5 Å². The summed E-state index contributed by atoms with van der Waals surface area (Å²) in [7, 11) is 0. The number of para-hydroxylation sites is 2. The van der Waals surface area contributed by atoms with E-state index >= 15 is 0 Å². The second-order valence-corrected chi connectivity index (χ2v) is 15.0. The average molecular weight is 624 g/mol. The number of hydrogen-bond acceptors (Lipinski definition) is 3. The number of aliphatic hydroxyl groups is 1. The third-order valence-electron chi connectivity index (χ3n) is 11.1. The van der Waals surface area contributed by atoms with Gasteiger partial charge < -0.3 is 10.0 Å². The van der Waals surface area contributed by atoms with Crippen molar-refractivity contribution in [2.45, 2.75) is 136 Å². The lowest BCUT2D eigenvalue weighted by atomic mass is 9.72. The second-order valence-electron chi connectivity index (χ2n) is 15.0. The van der Waals surface area contributed by atoms with Crippen LogP contribution >= 0.6 is 0 Å². The Balaban J connectivity index is 1.38. The number of fused-ring (bicyclic) bond motifs is 2. The molecule has 0 bridgehead atoms. The van der Waals surface area contributed by atoms with E-state index < -0.39 is 5.92 Å². The van der Waals surface area contributed by atoms with Crippen LogP contribution in [-0.4, -0.2) is 34.3 Å². The molecule has 2 heterocycles. The minimum atomic E-state index is -0.471. The topological polar surface area (TPSA) is 43.5 Å². The summed E-state index contributed by atoms with van der Waals surface area (Å²) in [5.41, 5.74) is 7.59. The van der Waals surface area contributed by atoms with E-state index in [1.54, 1.807) is 0 Å². The molecule has 1 atom stereocenters. The van der Waals surface area contributed by atoms with Crippen molar-refractivity contribution >= 4 is 22.9 Å². The molecule has 0 saturated heterocycles. The van der Waals surface area contributed by atoms with Crippen LogP contribution in [0.5, 0.6) is 0 Å². The zero-order valence-corrected chi connectivity index (χ0v) is 29.6. The van der Waals surface area contributed by atoms with Gasteiger partial charge in [-0.3, -0.25) is 4.79 Å². The Hall–Kier alpha value is -3.14. The fourth-order valence-corrected chi connectivity index (χ4v) is 8.15. The first-order valence-corrected chi connectivity index (χ1v) is 18.4. The molecular formula is C42H59N2O2+. The van der Waals surface area contributed by atoms with E-state index in [4.69, 9.17) is 0 Å². The second kappa shape index (κ2) is 14.7. The number of rotatable bonds is 17. The van der Waals surface area contributed by atoms with Crippen LogP contribution < -0.4 is 4.90 Å². The summed E-state index contributed by atoms with van der Waals surface area (Å²) in [5.74, 6) is -0.126. The minimum absolute atomic E-state index is 0.0787. The Morgan fingerprint density at radius 1 is 0.761 bits per heavy atom. The number of benzene rings is 2. The van der Waals surface area contributed by atoms with Crippen LogP contribution in [-0.2, 0) is 15.6 Å². The highest BCUT2D eigenvalue weighted by molar-refractivity contribution is 6.11. The van der Waals surface area contributed by atoms with Gasteiger partial charge in [-0.15, -0.1) is 0 Å². The number of anilines is 1. The van der Waals surface area contributed by atoms with E-state index in [2.05, 4.69) is 99.5 Å². The maximum absolute atomic E-state index is 13.9. The maximum Gasteiger partial charge on any atom is 0.209 e. The molecule has 1 unspecified atom stereocenters. The highest BCUT2D eigenvalue weighted by Crippen LogP contribution is 2.50. The van der Waals surface area contributed by atoms with Crippen molar-refractivity contribution in [1.29, 1.82) is 0 Å². The van der Waals surface area contributed by atoms with E-state index in [0.29, 0.717) is 12.0 Å². The first-order chi connectivity index (χ1) is 22.1. The maximum atomic E-state index is 13.9. The van der Waals surface area contributed by atoms with Crippen LogP contribution in [0.2, 0.25) is 0 Å². The molecule has 0 radical (unpaired) electrons. The molecule has 2 aliphatic heterocycles. The van der Waals surface area contributed by atoms with Crippen LogP contribution in [0, 0.1) is 5.92 Å². The minimum Gasteiger partial charge on any atom is -0.511 e. The number of hydrogen-bond donors (Lipinski definition) is 1. The summed E-state index contributed by atoms with van der Waals surface area (Å²) in [4.78, 5) is 16.4. The summed E-state index contributed by atoms with van der Waals surface area (Å²) in [6.07, 6.45) is 17.6. The van der Waals surface area contributed by atoms with Gasteiger partial charge >= 0.3 is 0 Å². The van der Waals surface area contributed by atoms with Crippen LogP contribution in [0.1, 0.15) is 136 Å². The number of Topliss-reactive ketones (excluding diaryl/α,β-unsaturated/α-hetero) is 1. The van der Waals surface area contributed by atoms with Crippen LogP contribution in [0.15, 0.2) is 71.6 Å². The molecule has 0 spiro atoms. The van der Waals surface area contributed by atoms with E-state index in [9.17, 15) is 9.90 Å². The molecule has 0 fully saturated rings. The first kappa shape index (κ1) is 34.2. The van der Waals surface area contributed by atoms with Crippen molar-refractivity contribution in [3.8, 4) is 0 Å². The van der Waals surface area contributed by atoms with Crippen LogP contribution in [0.3, 0.4) is 0 Å². The zero-order chi connectivity index (χ0) is 32.9. The monoisotopic (exact) mass is 623 g/mol. The van der Waals surface area contributed by atoms with Crippen LogP contribution in [0.4, 0.5) is 11.4 Å². The Kier molecular flexibility index (Phi) is 11.0. The molecule has 5 rings (SSSR count). The summed E-state index contributed by atoms with van der Waals surface area (Å²) >= 11 is 0. The normalized spacial score (nSPS) is 20.5. The standard InChI is InChI=1S/C42H58N2O2/c1-7-9-11-13-15-21-27-43-35-25-19-17-23-33(35)41(3,4)37(43)29-31-39(45)32(40(31)46)30-38-42(5,6)34-24-18-20-26-36(34)44(38)28-22-16-14-12-10-8-2/h17-20,23-26,29,32H,7-16,21-22,27-28,30H2,1-6H3/p+1/b37-29+. The predicted octanol–water partition coefficient (Wildman–Crippen LogP) is 10.9. The van der Waals surface area contributed by atoms with Gasteiger partial charge in [0.25, 0.3) is 0 Å². The molecular weight excluding hydrogens is 564 g/mol. The molecule has 248 valence electrons. The van der Waals surface area contributed by atoms with Gasteiger partial charge in [-0.1, -0.05) is 122 Å². The zero-order valence-electron chi connectivity index (χ0n) is 29.6. The molecule has 4 nitrogen and oxygen atoms in total. The van der Waals surface area contributed by atoms with Gasteiger partial charge in [0.1, 0.15) is 12.3 Å². The third-order valence-corrected chi connectivity index (χ3v) is 11.1. The molecule has 0 saturated carbocycles. The van der Waals surface area contributed by atoms with Crippen molar-refractivity contribution in [3.63, 3.8) is 0 Å². The average Bonchev–Trinajstić information content (AvgIpc) is 3.40. The highest BCUT2D eigenvalue weighted by Gasteiger charge is 2.50. The quantitative estimate of drug-likeness (QED) is 0.141. The Morgan fingerprint density at radius 2 is 1.35 bits per heavy atom. The lowest BCUT2D eigenvalue weighted by Gasteiger charge is -2.32. The fourth-order valence-electron chi connectivity index (χ4n) is 8.15. The van der Waals surface area contributed by atoms with E-state index in [-0.39, 0.29) is 22.4 Å². The predicted molar refractivity (Wildman–Crippen MR) is 194 cm³/mol. The van der Waals surface area contributed by atoms with Crippen molar-refractivity contribution in [3.05, 3.63) is 82.8 Å². The lowest BCUT2D eigenvalue weighted by molar-refractivity contribution is -0.440. The summed E-state index contributed by atoms with van der Waals surface area (Å²) < 4.78 is 2.48. The number of ketones is 1. The first-order valence-electron chi connectivity index (χ1n) is 18.4. The third kappa shape index (κ3) is 6.64. The van der Waals surface area contributed by atoms with Crippen molar-refractivity contribution in [1.82, 2.24) is 0 Å². The number of carbonyl (C=O) groups excluding carboxylic acids is 1. The van der Waals surface area contributed by atoms with Gasteiger partial charge in [0.2, 0.25) is 5.69 Å². The van der Waals surface area contributed by atoms with Gasteiger partial charge in [-0.2, -0.15) is 4.58 Å². The van der Waals surface area contributed by atoms with Crippen LogP contribution in [0.25, 0.3) is 0 Å². The Bertz CT molecular complexity index is 1490. The van der Waals surface area contributed by atoms with Crippen molar-refractivity contribution in [2.24, 2.45) is 5.92 Å². The largest absolute Gasteiger partial charge is 0.511 e. The van der Waals surface area contributed by atoms with E-state index in [0.717, 1.165) is 31.6 Å². The number of unbranched alkanes of at least 4 members (excludes halogenated alkanes) is 10. The van der Waals surface area contributed by atoms with E-state index in [1.165, 1.54) is 92.4 Å². The molecule has 4 heteroatoms. The number of nitrogens with zero attached hydrogens (tertiary/aromatic N) is 2. The summed E-state index contributed by atoms with van der Waals surface area (Å²) in [5, 5.41) is 11.6. The number of allylic oxidation sites excluding steroid dienone is 4. The fraction of sp³-hybridized carbons (Fsp3) is 0.571. The number of aliphatic hydroxyl groups excluding tert-OH is 1. The molecule has 3 aliphatic rings. The molecule has 46 heavy (non-hydrogen) atoms. The molecule has 1 N–H and O–H groups in total. The highest BCUT2D eigenvalue weighted by atomic mass is 16.3. The SMILES string of the molecule is CCCCCCCCN1/C(=C/C2=C(O)C(CC3=[N+](CCCCCCCC)c4ccccc4C3(C)C)C2=O)C(C)(C)c2ccccc21. The summed E-state index contributed by atoms with van der Waals surface area (Å²) in [6.45, 7) is 15.5. The lowest BCUT2D eigenvalue weighted by Crippen LogP contribution is -2.39. The van der Waals surface area contributed by atoms with E-state index in [1.807, 2.05) is 6.08 Å².